The maximum Gasteiger partial charge on any atom is 0.422 e. The first-order valence-corrected chi connectivity index (χ1v) is 9.10. The number of benzene rings is 1. The van der Waals surface area contributed by atoms with E-state index >= 15 is 0 Å². The number of pyridine rings is 1. The summed E-state index contributed by atoms with van der Waals surface area (Å²) in [6.45, 7) is 0. The molecule has 0 saturated heterocycles. The lowest BCUT2D eigenvalue weighted by atomic mass is 10.1. The number of rotatable bonds is 4. The summed E-state index contributed by atoms with van der Waals surface area (Å²) in [4.78, 5) is -0.396. The highest BCUT2D eigenvalue weighted by Crippen LogP contribution is 2.41. The number of nitrogens with one attached hydrogen (secondary N) is 1. The predicted molar refractivity (Wildman–Crippen MR) is 88.9 cm³/mol. The number of hydrogen-bond acceptors (Lipinski definition) is 4. The number of sulfonamides is 1. The van der Waals surface area contributed by atoms with Crippen molar-refractivity contribution in [3.05, 3.63) is 52.8 Å². The number of alkyl halides is 3. The van der Waals surface area contributed by atoms with Crippen LogP contribution in [0.5, 0.6) is 5.75 Å². The largest absolute Gasteiger partial charge is 0.492 e. The van der Waals surface area contributed by atoms with Crippen molar-refractivity contribution in [2.45, 2.75) is 11.1 Å². The van der Waals surface area contributed by atoms with E-state index in [1.807, 2.05) is 4.72 Å². The molecule has 1 N–H and O–H groups in total. The Morgan fingerprint density at radius 2 is 1.93 bits per heavy atom. The minimum atomic E-state index is -5.35. The Hall–Kier alpha value is -2.60. The van der Waals surface area contributed by atoms with Crippen LogP contribution in [0.3, 0.4) is 0 Å². The van der Waals surface area contributed by atoms with Gasteiger partial charge in [0.2, 0.25) is 0 Å². The average molecular weight is 442 g/mol. The molecule has 0 spiro atoms. The number of halogens is 6. The van der Waals surface area contributed by atoms with Crippen LogP contribution in [-0.2, 0) is 16.2 Å². The van der Waals surface area contributed by atoms with Gasteiger partial charge in [0.05, 0.1) is 29.5 Å². The number of aromatic nitrogens is 2. The van der Waals surface area contributed by atoms with E-state index < -0.39 is 49.7 Å². The maximum atomic E-state index is 14.2. The number of ether oxygens (including phenoxy) is 1. The van der Waals surface area contributed by atoms with Gasteiger partial charge in [-0.25, -0.2) is 21.7 Å². The van der Waals surface area contributed by atoms with E-state index in [0.29, 0.717) is 0 Å². The molecule has 0 radical (unpaired) electrons. The lowest BCUT2D eigenvalue weighted by molar-refractivity contribution is -0.142. The van der Waals surface area contributed by atoms with Crippen molar-refractivity contribution < 1.29 is 35.1 Å². The average Bonchev–Trinajstić information content (AvgIpc) is 2.96. The van der Waals surface area contributed by atoms with Gasteiger partial charge in [-0.15, -0.1) is 0 Å². The molecule has 0 atom stereocenters. The quantitative estimate of drug-likeness (QED) is 0.619. The third-order valence-electron chi connectivity index (χ3n) is 3.64. The highest BCUT2D eigenvalue weighted by atomic mass is 35.5. The third-order valence-corrected chi connectivity index (χ3v) is 5.25. The summed E-state index contributed by atoms with van der Waals surface area (Å²) in [6, 6.07) is 2.90. The second-order valence-electron chi connectivity index (χ2n) is 5.42. The topological polar surface area (TPSA) is 72.7 Å². The van der Waals surface area contributed by atoms with E-state index in [-0.39, 0.29) is 16.6 Å². The first kappa shape index (κ1) is 20.1. The molecule has 0 aliphatic carbocycles. The lowest BCUT2D eigenvalue weighted by Gasteiger charge is -2.16. The molecule has 3 rings (SSSR count). The minimum Gasteiger partial charge on any atom is -0.492 e. The van der Waals surface area contributed by atoms with Gasteiger partial charge in [0.1, 0.15) is 16.3 Å². The summed E-state index contributed by atoms with van der Waals surface area (Å²) in [5, 5.41) is 4.06. The summed E-state index contributed by atoms with van der Waals surface area (Å²) in [6.07, 6.45) is -3.09. The fraction of sp³-hybridized carbons (Fsp3) is 0.133. The highest BCUT2D eigenvalue weighted by molar-refractivity contribution is 7.93. The van der Waals surface area contributed by atoms with Gasteiger partial charge in [-0.05, 0) is 12.1 Å². The van der Waals surface area contributed by atoms with E-state index in [1.165, 1.54) is 18.3 Å². The molecule has 0 saturated carbocycles. The molecular weight excluding hydrogens is 433 g/mol. The van der Waals surface area contributed by atoms with Gasteiger partial charge in [0.15, 0.2) is 11.6 Å². The van der Waals surface area contributed by atoms with E-state index in [0.717, 1.165) is 17.8 Å². The van der Waals surface area contributed by atoms with Crippen LogP contribution in [0.15, 0.2) is 35.5 Å². The monoisotopic (exact) mass is 441 g/mol. The molecule has 2 aromatic heterocycles. The zero-order valence-electron chi connectivity index (χ0n) is 13.7. The highest BCUT2D eigenvalue weighted by Gasteiger charge is 2.40. The molecule has 0 amide bonds. The molecule has 0 unspecified atom stereocenters. The summed E-state index contributed by atoms with van der Waals surface area (Å²) in [5.41, 5.74) is -2.97. The molecular formula is C15H9ClF5N3O3S. The molecule has 28 heavy (non-hydrogen) atoms. The zero-order valence-corrected chi connectivity index (χ0v) is 15.3. The Bertz CT molecular complexity index is 1180. The van der Waals surface area contributed by atoms with Crippen molar-refractivity contribution in [3.63, 3.8) is 0 Å². The van der Waals surface area contributed by atoms with Gasteiger partial charge in [0.25, 0.3) is 10.0 Å². The Labute approximate surface area is 159 Å². The molecule has 0 aliphatic heterocycles. The second kappa shape index (κ2) is 6.78. The van der Waals surface area contributed by atoms with Gasteiger partial charge in [-0.2, -0.15) is 18.3 Å². The van der Waals surface area contributed by atoms with Crippen molar-refractivity contribution in [1.29, 1.82) is 0 Å². The first-order valence-electron chi connectivity index (χ1n) is 7.24. The van der Waals surface area contributed by atoms with Crippen molar-refractivity contribution >= 4 is 32.8 Å². The van der Waals surface area contributed by atoms with Crippen LogP contribution < -0.4 is 9.46 Å². The summed E-state index contributed by atoms with van der Waals surface area (Å²) in [5.74, 6) is -5.20. The number of methoxy groups -OCH3 is 1. The molecule has 2 heterocycles. The van der Waals surface area contributed by atoms with E-state index in [2.05, 4.69) is 9.84 Å². The number of anilines is 1. The zero-order chi connectivity index (χ0) is 20.9. The van der Waals surface area contributed by atoms with Crippen LogP contribution >= 0.6 is 11.6 Å². The Kier molecular flexibility index (Phi) is 4.88. The minimum absolute atomic E-state index is 0.0729. The summed E-state index contributed by atoms with van der Waals surface area (Å²) in [7, 11) is -3.68. The van der Waals surface area contributed by atoms with Crippen LogP contribution in [0.4, 0.5) is 27.6 Å². The van der Waals surface area contributed by atoms with Crippen molar-refractivity contribution in [2.75, 3.05) is 11.8 Å². The molecule has 150 valence electrons. The molecule has 0 aliphatic rings. The third kappa shape index (κ3) is 3.44. The predicted octanol–water partition coefficient (Wildman–Crippen LogP) is 4.09. The number of nitrogens with zero attached hydrogens (tertiary/aromatic N) is 2. The molecule has 0 bridgehead atoms. The van der Waals surface area contributed by atoms with Crippen molar-refractivity contribution in [1.82, 2.24) is 9.61 Å². The SMILES string of the molecule is COc1c(NS(=O)(=O)c2cnn3cc(Cl)ccc23)cc(F)c(C(F)(F)F)c1F. The first-order chi connectivity index (χ1) is 13.0. The molecule has 6 nitrogen and oxygen atoms in total. The Balaban J connectivity index is 2.12. The Morgan fingerprint density at radius 1 is 1.25 bits per heavy atom. The van der Waals surface area contributed by atoms with Crippen molar-refractivity contribution in [2.24, 2.45) is 0 Å². The normalized spacial score (nSPS) is 12.4. The van der Waals surface area contributed by atoms with Crippen LogP contribution in [0, 0.1) is 11.6 Å². The molecule has 1 aromatic carbocycles. The van der Waals surface area contributed by atoms with Crippen LogP contribution in [0.25, 0.3) is 5.52 Å². The van der Waals surface area contributed by atoms with Gasteiger partial charge >= 0.3 is 6.18 Å². The van der Waals surface area contributed by atoms with E-state index in [9.17, 15) is 30.4 Å². The fourth-order valence-electron chi connectivity index (χ4n) is 2.48. The standard InChI is InChI=1S/C15H9ClF5N3O3S/c1-27-14-9(4-8(17)12(13(14)18)15(19,20)21)23-28(25,26)11-5-22-24-6-7(16)2-3-10(11)24/h2-6,23H,1H3. The van der Waals surface area contributed by atoms with Crippen LogP contribution in [-0.4, -0.2) is 25.1 Å². The second-order valence-corrected chi connectivity index (χ2v) is 7.50. The fourth-order valence-corrected chi connectivity index (χ4v) is 3.81. The Morgan fingerprint density at radius 3 is 2.54 bits per heavy atom. The summed E-state index contributed by atoms with van der Waals surface area (Å²) < 4.78 is 99.2. The maximum absolute atomic E-state index is 14.2. The van der Waals surface area contributed by atoms with Gasteiger partial charge < -0.3 is 4.74 Å². The lowest BCUT2D eigenvalue weighted by Crippen LogP contribution is -2.17. The van der Waals surface area contributed by atoms with Gasteiger partial charge in [-0.1, -0.05) is 11.6 Å². The van der Waals surface area contributed by atoms with E-state index in [4.69, 9.17) is 11.6 Å². The summed E-state index contributed by atoms with van der Waals surface area (Å²) >= 11 is 5.78. The van der Waals surface area contributed by atoms with Gasteiger partial charge in [-0.3, -0.25) is 4.72 Å². The smallest absolute Gasteiger partial charge is 0.422 e. The van der Waals surface area contributed by atoms with Gasteiger partial charge in [0, 0.05) is 12.3 Å². The van der Waals surface area contributed by atoms with Crippen LogP contribution in [0.1, 0.15) is 5.56 Å². The van der Waals surface area contributed by atoms with Crippen LogP contribution in [0.2, 0.25) is 5.02 Å². The van der Waals surface area contributed by atoms with Crippen molar-refractivity contribution in [3.8, 4) is 5.75 Å². The van der Waals surface area contributed by atoms with E-state index in [1.54, 1.807) is 0 Å². The number of hydrogen-bond donors (Lipinski definition) is 1. The molecule has 13 heteroatoms. The number of fused-ring (bicyclic) bond motifs is 1. The molecule has 3 aromatic rings. The molecule has 0 fully saturated rings.